The Morgan fingerprint density at radius 2 is 1.90 bits per heavy atom. The van der Waals surface area contributed by atoms with Crippen LogP contribution in [0.25, 0.3) is 11.3 Å². The van der Waals surface area contributed by atoms with E-state index in [2.05, 4.69) is 10.5 Å². The highest BCUT2D eigenvalue weighted by molar-refractivity contribution is 8.03. The molecule has 1 aromatic carbocycles. The average Bonchev–Trinajstić information content (AvgIpc) is 2.81. The maximum Gasteiger partial charge on any atom is 0.151 e. The van der Waals surface area contributed by atoms with E-state index in [0.29, 0.717) is 12.6 Å². The van der Waals surface area contributed by atoms with Crippen LogP contribution in [0.1, 0.15) is 5.76 Å². The first-order valence-corrected chi connectivity index (χ1v) is 9.22. The van der Waals surface area contributed by atoms with E-state index in [4.69, 9.17) is 4.52 Å². The van der Waals surface area contributed by atoms with Crippen LogP contribution >= 0.6 is 23.5 Å². The van der Waals surface area contributed by atoms with Crippen molar-refractivity contribution in [3.05, 3.63) is 41.9 Å². The Hall–Kier alpha value is -0.980. The average molecular weight is 324 g/mol. The summed E-state index contributed by atoms with van der Waals surface area (Å²) in [5, 5.41) is 7.57. The van der Waals surface area contributed by atoms with Crippen LogP contribution in [0.3, 0.4) is 0 Å². The molecule has 21 heavy (non-hydrogen) atoms. The van der Waals surface area contributed by atoms with Crippen LogP contribution in [-0.2, 0) is 6.54 Å². The van der Waals surface area contributed by atoms with Gasteiger partial charge in [-0.1, -0.05) is 5.16 Å². The van der Waals surface area contributed by atoms with E-state index in [1.165, 1.54) is 23.6 Å². The number of hydrogen-bond donors (Lipinski definition) is 1. The lowest BCUT2D eigenvalue weighted by atomic mass is 10.1. The van der Waals surface area contributed by atoms with E-state index >= 15 is 0 Å². The minimum atomic E-state index is -0.243. The van der Waals surface area contributed by atoms with E-state index in [0.717, 1.165) is 28.5 Å². The summed E-state index contributed by atoms with van der Waals surface area (Å²) in [6.07, 6.45) is 0. The van der Waals surface area contributed by atoms with E-state index in [1.807, 2.05) is 29.6 Å². The summed E-state index contributed by atoms with van der Waals surface area (Å²) in [6.45, 7) is 0.681. The molecule has 0 amide bonds. The molecular formula is C15H17FN2OS2. The molecule has 112 valence electrons. The SMILES string of the molecule is Fc1ccc(-c2cc(CNC3CSCCSC3)on2)cc1. The second-order valence-corrected chi connectivity index (χ2v) is 7.21. The van der Waals surface area contributed by atoms with Gasteiger partial charge in [0.2, 0.25) is 0 Å². The molecule has 0 aliphatic carbocycles. The third kappa shape index (κ3) is 4.25. The van der Waals surface area contributed by atoms with Crippen molar-refractivity contribution in [2.24, 2.45) is 0 Å². The molecule has 2 heterocycles. The summed E-state index contributed by atoms with van der Waals surface area (Å²) in [7, 11) is 0. The highest BCUT2D eigenvalue weighted by atomic mass is 32.2. The van der Waals surface area contributed by atoms with Crippen LogP contribution in [0.4, 0.5) is 4.39 Å². The van der Waals surface area contributed by atoms with Gasteiger partial charge in [-0.25, -0.2) is 4.39 Å². The van der Waals surface area contributed by atoms with Crippen molar-refractivity contribution in [1.82, 2.24) is 10.5 Å². The highest BCUT2D eigenvalue weighted by Crippen LogP contribution is 2.20. The van der Waals surface area contributed by atoms with Crippen molar-refractivity contribution in [3.8, 4) is 11.3 Å². The Bertz CT molecular complexity index is 565. The number of aromatic nitrogens is 1. The molecular weight excluding hydrogens is 307 g/mol. The van der Waals surface area contributed by atoms with Gasteiger partial charge in [0.05, 0.1) is 6.54 Å². The molecule has 0 radical (unpaired) electrons. The van der Waals surface area contributed by atoms with Gasteiger partial charge in [-0.05, 0) is 24.3 Å². The summed E-state index contributed by atoms with van der Waals surface area (Å²) >= 11 is 3.99. The van der Waals surface area contributed by atoms with Crippen molar-refractivity contribution in [2.75, 3.05) is 23.0 Å². The molecule has 0 unspecified atom stereocenters. The molecule has 6 heteroatoms. The lowest BCUT2D eigenvalue weighted by molar-refractivity contribution is 0.370. The second-order valence-electron chi connectivity index (χ2n) is 4.91. The van der Waals surface area contributed by atoms with Gasteiger partial charge in [0, 0.05) is 40.7 Å². The summed E-state index contributed by atoms with van der Waals surface area (Å²) in [4.78, 5) is 0. The van der Waals surface area contributed by atoms with Gasteiger partial charge >= 0.3 is 0 Å². The van der Waals surface area contributed by atoms with Gasteiger partial charge in [-0.2, -0.15) is 23.5 Å². The predicted molar refractivity (Wildman–Crippen MR) is 87.2 cm³/mol. The molecule has 0 bridgehead atoms. The first-order valence-electron chi connectivity index (χ1n) is 6.91. The number of halogens is 1. The molecule has 2 aromatic rings. The normalized spacial score (nSPS) is 16.8. The standard InChI is InChI=1S/C15H17FN2OS2/c16-12-3-1-11(2-4-12)15-7-14(19-18-15)8-17-13-9-20-5-6-21-10-13/h1-4,7,13,17H,5-6,8-10H2. The molecule has 1 N–H and O–H groups in total. The minimum absolute atomic E-state index is 0.243. The van der Waals surface area contributed by atoms with Gasteiger partial charge in [0.1, 0.15) is 11.5 Å². The fraction of sp³-hybridized carbons (Fsp3) is 0.400. The molecule has 1 aliphatic heterocycles. The maximum atomic E-state index is 12.9. The minimum Gasteiger partial charge on any atom is -0.359 e. The fourth-order valence-electron chi connectivity index (χ4n) is 2.13. The lowest BCUT2D eigenvalue weighted by Crippen LogP contribution is -2.32. The van der Waals surface area contributed by atoms with E-state index in [9.17, 15) is 4.39 Å². The molecule has 1 fully saturated rings. The zero-order chi connectivity index (χ0) is 14.5. The van der Waals surface area contributed by atoms with Gasteiger partial charge < -0.3 is 9.84 Å². The Labute approximate surface area is 132 Å². The Morgan fingerprint density at radius 3 is 2.62 bits per heavy atom. The van der Waals surface area contributed by atoms with Crippen LogP contribution in [0.2, 0.25) is 0 Å². The van der Waals surface area contributed by atoms with Gasteiger partial charge in [0.15, 0.2) is 5.76 Å². The van der Waals surface area contributed by atoms with Gasteiger partial charge in [-0.15, -0.1) is 0 Å². The van der Waals surface area contributed by atoms with Crippen molar-refractivity contribution in [2.45, 2.75) is 12.6 Å². The van der Waals surface area contributed by atoms with Crippen molar-refractivity contribution in [3.63, 3.8) is 0 Å². The number of benzene rings is 1. The topological polar surface area (TPSA) is 38.1 Å². The monoisotopic (exact) mass is 324 g/mol. The lowest BCUT2D eigenvalue weighted by Gasteiger charge is -2.13. The van der Waals surface area contributed by atoms with E-state index in [1.54, 1.807) is 12.1 Å². The smallest absolute Gasteiger partial charge is 0.151 e. The molecule has 3 rings (SSSR count). The third-order valence-electron chi connectivity index (χ3n) is 3.27. The summed E-state index contributed by atoms with van der Waals surface area (Å²) in [5.74, 6) is 5.33. The number of nitrogens with zero attached hydrogens (tertiary/aromatic N) is 1. The summed E-state index contributed by atoms with van der Waals surface area (Å²) in [6, 6.07) is 8.72. The van der Waals surface area contributed by atoms with Crippen LogP contribution in [0.5, 0.6) is 0 Å². The number of thioether (sulfide) groups is 2. The zero-order valence-electron chi connectivity index (χ0n) is 11.5. The second kappa shape index (κ2) is 7.33. The maximum absolute atomic E-state index is 12.9. The first kappa shape index (κ1) is 14.9. The Morgan fingerprint density at radius 1 is 1.19 bits per heavy atom. The molecule has 3 nitrogen and oxygen atoms in total. The number of rotatable bonds is 4. The van der Waals surface area contributed by atoms with E-state index in [-0.39, 0.29) is 5.82 Å². The van der Waals surface area contributed by atoms with Crippen LogP contribution in [0, 0.1) is 5.82 Å². The van der Waals surface area contributed by atoms with Gasteiger partial charge in [0.25, 0.3) is 0 Å². The third-order valence-corrected chi connectivity index (χ3v) is 5.79. The number of hydrogen-bond acceptors (Lipinski definition) is 5. The molecule has 0 atom stereocenters. The highest BCUT2D eigenvalue weighted by Gasteiger charge is 2.13. The molecule has 1 saturated heterocycles. The Kier molecular flexibility index (Phi) is 5.22. The largest absolute Gasteiger partial charge is 0.359 e. The van der Waals surface area contributed by atoms with Crippen LogP contribution in [0.15, 0.2) is 34.9 Å². The molecule has 0 saturated carbocycles. The van der Waals surface area contributed by atoms with Crippen molar-refractivity contribution >= 4 is 23.5 Å². The van der Waals surface area contributed by atoms with Crippen molar-refractivity contribution < 1.29 is 8.91 Å². The quantitative estimate of drug-likeness (QED) is 0.933. The predicted octanol–water partition coefficient (Wildman–Crippen LogP) is 3.42. The Balaban J connectivity index is 1.58. The molecule has 1 aliphatic rings. The number of nitrogens with one attached hydrogen (secondary N) is 1. The van der Waals surface area contributed by atoms with Crippen LogP contribution in [-0.4, -0.2) is 34.2 Å². The first-order chi connectivity index (χ1) is 10.3. The molecule has 1 aromatic heterocycles. The summed E-state index contributed by atoms with van der Waals surface area (Å²) < 4.78 is 18.3. The fourth-order valence-corrected chi connectivity index (χ4v) is 4.60. The van der Waals surface area contributed by atoms with Crippen molar-refractivity contribution in [1.29, 1.82) is 0 Å². The summed E-state index contributed by atoms with van der Waals surface area (Å²) in [5.41, 5.74) is 1.61. The van der Waals surface area contributed by atoms with Crippen LogP contribution < -0.4 is 5.32 Å². The van der Waals surface area contributed by atoms with Gasteiger partial charge in [-0.3, -0.25) is 0 Å². The van der Waals surface area contributed by atoms with E-state index < -0.39 is 0 Å². The zero-order valence-corrected chi connectivity index (χ0v) is 13.2. The molecule has 0 spiro atoms.